The summed E-state index contributed by atoms with van der Waals surface area (Å²) in [5.41, 5.74) is 6.37. The van der Waals surface area contributed by atoms with Gasteiger partial charge < -0.3 is 10.5 Å². The van der Waals surface area contributed by atoms with E-state index in [1.54, 1.807) is 7.11 Å². The molecule has 0 fully saturated rings. The maximum atomic E-state index is 12.5. The minimum absolute atomic E-state index is 0.203. The first-order valence-corrected chi connectivity index (χ1v) is 7.38. The number of ether oxygens (including phenoxy) is 1. The Labute approximate surface area is 123 Å². The summed E-state index contributed by atoms with van der Waals surface area (Å²) in [4.78, 5) is 12.5. The van der Waals surface area contributed by atoms with Gasteiger partial charge in [0.2, 0.25) is 0 Å². The lowest BCUT2D eigenvalue weighted by Gasteiger charge is -2.28. The molecule has 106 valence electrons. The molecule has 0 aliphatic carbocycles. The Morgan fingerprint density at radius 1 is 1.37 bits per heavy atom. The highest BCUT2D eigenvalue weighted by Gasteiger charge is 2.33. The predicted octanol–water partition coefficient (Wildman–Crippen LogP) is 3.33. The van der Waals surface area contributed by atoms with Crippen LogP contribution in [0.2, 0.25) is 0 Å². The standard InChI is InChI=1S/C15H22BrNO2/c1-4-15(5-2,10-17)14(18)9-11-8-12(19-3)6-7-13(11)16/h6-8H,4-5,9-10,17H2,1-3H3. The second kappa shape index (κ2) is 7.06. The van der Waals surface area contributed by atoms with E-state index in [9.17, 15) is 4.79 Å². The molecule has 0 unspecified atom stereocenters. The Bertz CT molecular complexity index is 434. The van der Waals surface area contributed by atoms with Gasteiger partial charge in [-0.3, -0.25) is 4.79 Å². The Morgan fingerprint density at radius 2 is 2.00 bits per heavy atom. The summed E-state index contributed by atoms with van der Waals surface area (Å²) in [5, 5.41) is 0. The predicted molar refractivity (Wildman–Crippen MR) is 81.5 cm³/mol. The molecular weight excluding hydrogens is 306 g/mol. The van der Waals surface area contributed by atoms with Crippen molar-refractivity contribution in [2.75, 3.05) is 13.7 Å². The molecule has 1 rings (SSSR count). The van der Waals surface area contributed by atoms with Crippen LogP contribution in [0, 0.1) is 5.41 Å². The Hall–Kier alpha value is -0.870. The number of Topliss-reactive ketones (excluding diaryl/α,β-unsaturated/α-hetero) is 1. The summed E-state index contributed by atoms with van der Waals surface area (Å²) in [5.74, 6) is 0.964. The number of hydrogen-bond acceptors (Lipinski definition) is 3. The lowest BCUT2D eigenvalue weighted by molar-refractivity contribution is -0.128. The highest BCUT2D eigenvalue weighted by Crippen LogP contribution is 2.30. The van der Waals surface area contributed by atoms with Gasteiger partial charge in [0.05, 0.1) is 7.11 Å². The molecule has 19 heavy (non-hydrogen) atoms. The molecule has 0 aromatic heterocycles. The van der Waals surface area contributed by atoms with Crippen molar-refractivity contribution in [3.63, 3.8) is 0 Å². The fourth-order valence-corrected chi connectivity index (χ4v) is 2.61. The highest BCUT2D eigenvalue weighted by atomic mass is 79.9. The first-order chi connectivity index (χ1) is 9.02. The molecule has 0 saturated heterocycles. The number of carbonyl (C=O) groups is 1. The normalized spacial score (nSPS) is 11.4. The Balaban J connectivity index is 2.98. The van der Waals surface area contributed by atoms with E-state index < -0.39 is 5.41 Å². The minimum atomic E-state index is -0.400. The smallest absolute Gasteiger partial charge is 0.144 e. The van der Waals surface area contributed by atoms with Gasteiger partial charge >= 0.3 is 0 Å². The zero-order valence-electron chi connectivity index (χ0n) is 11.8. The third-order valence-electron chi connectivity index (χ3n) is 3.94. The summed E-state index contributed by atoms with van der Waals surface area (Å²) in [6.07, 6.45) is 1.94. The van der Waals surface area contributed by atoms with E-state index in [1.807, 2.05) is 32.0 Å². The molecule has 0 atom stereocenters. The van der Waals surface area contributed by atoms with E-state index in [2.05, 4.69) is 15.9 Å². The maximum Gasteiger partial charge on any atom is 0.144 e. The topological polar surface area (TPSA) is 52.3 Å². The van der Waals surface area contributed by atoms with Crippen molar-refractivity contribution in [1.29, 1.82) is 0 Å². The fourth-order valence-electron chi connectivity index (χ4n) is 2.22. The van der Waals surface area contributed by atoms with E-state index in [4.69, 9.17) is 10.5 Å². The van der Waals surface area contributed by atoms with E-state index in [0.717, 1.165) is 28.6 Å². The molecule has 3 nitrogen and oxygen atoms in total. The summed E-state index contributed by atoms with van der Waals surface area (Å²) in [7, 11) is 1.62. The van der Waals surface area contributed by atoms with E-state index in [-0.39, 0.29) is 5.78 Å². The summed E-state index contributed by atoms with van der Waals surface area (Å²) in [6.45, 7) is 4.45. The van der Waals surface area contributed by atoms with Gasteiger partial charge in [-0.15, -0.1) is 0 Å². The molecule has 0 radical (unpaired) electrons. The van der Waals surface area contributed by atoms with Crippen LogP contribution >= 0.6 is 15.9 Å². The second-order valence-corrected chi connectivity index (χ2v) is 5.60. The molecule has 1 aromatic carbocycles. The van der Waals surface area contributed by atoms with Crippen LogP contribution in [0.5, 0.6) is 5.75 Å². The number of benzene rings is 1. The van der Waals surface area contributed by atoms with Crippen molar-refractivity contribution < 1.29 is 9.53 Å². The van der Waals surface area contributed by atoms with Gasteiger partial charge in [-0.25, -0.2) is 0 Å². The molecule has 0 aliphatic heterocycles. The number of methoxy groups -OCH3 is 1. The summed E-state index contributed by atoms with van der Waals surface area (Å²) in [6, 6.07) is 5.67. The van der Waals surface area contributed by atoms with E-state index in [1.165, 1.54) is 0 Å². The molecule has 0 saturated carbocycles. The number of rotatable bonds is 7. The van der Waals surface area contributed by atoms with Gasteiger partial charge in [-0.1, -0.05) is 29.8 Å². The van der Waals surface area contributed by atoms with Crippen molar-refractivity contribution in [3.05, 3.63) is 28.2 Å². The number of halogens is 1. The number of ketones is 1. The molecular formula is C15H22BrNO2. The molecule has 0 heterocycles. The minimum Gasteiger partial charge on any atom is -0.497 e. The van der Waals surface area contributed by atoms with Crippen LogP contribution in [-0.2, 0) is 11.2 Å². The largest absolute Gasteiger partial charge is 0.497 e. The van der Waals surface area contributed by atoms with Crippen molar-refractivity contribution in [3.8, 4) is 5.75 Å². The monoisotopic (exact) mass is 327 g/mol. The lowest BCUT2D eigenvalue weighted by Crippen LogP contribution is -2.38. The average Bonchev–Trinajstić information content (AvgIpc) is 2.44. The average molecular weight is 328 g/mol. The molecule has 0 aliphatic rings. The van der Waals surface area contributed by atoms with Crippen LogP contribution in [0.1, 0.15) is 32.3 Å². The van der Waals surface area contributed by atoms with Gasteiger partial charge in [0.25, 0.3) is 0 Å². The Morgan fingerprint density at radius 3 is 2.47 bits per heavy atom. The SMILES string of the molecule is CCC(CC)(CN)C(=O)Cc1cc(OC)ccc1Br. The zero-order valence-corrected chi connectivity index (χ0v) is 13.4. The van der Waals surface area contributed by atoms with Gasteiger partial charge in [-0.05, 0) is 36.6 Å². The van der Waals surface area contributed by atoms with Gasteiger partial charge in [0, 0.05) is 22.9 Å². The molecule has 2 N–H and O–H groups in total. The first kappa shape index (κ1) is 16.2. The second-order valence-electron chi connectivity index (χ2n) is 4.75. The molecule has 4 heteroatoms. The fraction of sp³-hybridized carbons (Fsp3) is 0.533. The van der Waals surface area contributed by atoms with Crippen LogP contribution < -0.4 is 10.5 Å². The van der Waals surface area contributed by atoms with E-state index >= 15 is 0 Å². The lowest BCUT2D eigenvalue weighted by atomic mass is 9.76. The van der Waals surface area contributed by atoms with Gasteiger partial charge in [-0.2, -0.15) is 0 Å². The van der Waals surface area contributed by atoms with Crippen molar-refractivity contribution in [1.82, 2.24) is 0 Å². The van der Waals surface area contributed by atoms with E-state index in [0.29, 0.717) is 13.0 Å². The van der Waals surface area contributed by atoms with Gasteiger partial charge in [0.15, 0.2) is 0 Å². The number of nitrogens with two attached hydrogens (primary N) is 1. The molecule has 1 aromatic rings. The first-order valence-electron chi connectivity index (χ1n) is 6.58. The third kappa shape index (κ3) is 3.57. The summed E-state index contributed by atoms with van der Waals surface area (Å²) < 4.78 is 6.13. The van der Waals surface area contributed by atoms with Gasteiger partial charge in [0.1, 0.15) is 11.5 Å². The van der Waals surface area contributed by atoms with Crippen LogP contribution in [0.3, 0.4) is 0 Å². The van der Waals surface area contributed by atoms with Crippen molar-refractivity contribution in [2.24, 2.45) is 11.1 Å². The molecule has 0 bridgehead atoms. The number of hydrogen-bond donors (Lipinski definition) is 1. The Kier molecular flexibility index (Phi) is 6.01. The molecule has 0 spiro atoms. The highest BCUT2D eigenvalue weighted by molar-refractivity contribution is 9.10. The van der Waals surface area contributed by atoms with Crippen molar-refractivity contribution in [2.45, 2.75) is 33.1 Å². The van der Waals surface area contributed by atoms with Crippen LogP contribution in [0.15, 0.2) is 22.7 Å². The van der Waals surface area contributed by atoms with Crippen LogP contribution in [0.25, 0.3) is 0 Å². The zero-order chi connectivity index (χ0) is 14.5. The quantitative estimate of drug-likeness (QED) is 0.835. The summed E-state index contributed by atoms with van der Waals surface area (Å²) >= 11 is 3.48. The molecule has 0 amide bonds. The maximum absolute atomic E-state index is 12.5. The van der Waals surface area contributed by atoms with Crippen LogP contribution in [-0.4, -0.2) is 19.4 Å². The van der Waals surface area contributed by atoms with Crippen molar-refractivity contribution >= 4 is 21.7 Å². The number of carbonyl (C=O) groups excluding carboxylic acids is 1. The third-order valence-corrected chi connectivity index (χ3v) is 4.71. The van der Waals surface area contributed by atoms with Crippen LogP contribution in [0.4, 0.5) is 0 Å².